The number of hydrogen-bond donors (Lipinski definition) is 0. The Labute approximate surface area is 128 Å². The SMILES string of the molecule is CC(=O)c1ccc(Oc2c(C)cc(Cl)cc2C)c(Cl)c1. The van der Waals surface area contributed by atoms with E-state index < -0.39 is 0 Å². The Morgan fingerprint density at radius 2 is 1.65 bits per heavy atom. The van der Waals surface area contributed by atoms with Gasteiger partial charge in [0.1, 0.15) is 11.5 Å². The summed E-state index contributed by atoms with van der Waals surface area (Å²) in [7, 11) is 0. The monoisotopic (exact) mass is 308 g/mol. The zero-order valence-electron chi connectivity index (χ0n) is 11.5. The van der Waals surface area contributed by atoms with Crippen LogP contribution in [-0.4, -0.2) is 5.78 Å². The van der Waals surface area contributed by atoms with Crippen molar-refractivity contribution >= 4 is 29.0 Å². The summed E-state index contributed by atoms with van der Waals surface area (Å²) < 4.78 is 5.86. The van der Waals surface area contributed by atoms with E-state index in [9.17, 15) is 4.79 Å². The first-order valence-corrected chi connectivity index (χ1v) is 6.89. The van der Waals surface area contributed by atoms with Crippen molar-refractivity contribution in [2.24, 2.45) is 0 Å². The fraction of sp³-hybridized carbons (Fsp3) is 0.188. The molecule has 2 aromatic rings. The lowest BCUT2D eigenvalue weighted by Gasteiger charge is -2.13. The molecule has 0 unspecified atom stereocenters. The summed E-state index contributed by atoms with van der Waals surface area (Å²) in [5, 5.41) is 1.08. The molecule has 0 saturated carbocycles. The number of Topliss-reactive ketones (excluding diaryl/α,β-unsaturated/α-hetero) is 1. The first kappa shape index (κ1) is 14.9. The van der Waals surface area contributed by atoms with Gasteiger partial charge in [-0.1, -0.05) is 23.2 Å². The van der Waals surface area contributed by atoms with Crippen LogP contribution in [0.1, 0.15) is 28.4 Å². The minimum atomic E-state index is -0.0303. The van der Waals surface area contributed by atoms with Crippen LogP contribution in [-0.2, 0) is 0 Å². The van der Waals surface area contributed by atoms with Crippen molar-refractivity contribution in [1.82, 2.24) is 0 Å². The third kappa shape index (κ3) is 3.14. The third-order valence-corrected chi connectivity index (χ3v) is 3.49. The van der Waals surface area contributed by atoms with Gasteiger partial charge < -0.3 is 4.74 Å². The molecule has 0 aliphatic rings. The van der Waals surface area contributed by atoms with Gasteiger partial charge >= 0.3 is 0 Å². The number of carbonyl (C=O) groups excluding carboxylic acids is 1. The molecule has 0 aliphatic carbocycles. The van der Waals surface area contributed by atoms with E-state index >= 15 is 0 Å². The number of carbonyl (C=O) groups is 1. The van der Waals surface area contributed by atoms with Crippen molar-refractivity contribution in [2.45, 2.75) is 20.8 Å². The Hall–Kier alpha value is -1.51. The highest BCUT2D eigenvalue weighted by Gasteiger charge is 2.11. The van der Waals surface area contributed by atoms with Crippen LogP contribution in [0.2, 0.25) is 10.0 Å². The lowest BCUT2D eigenvalue weighted by Crippen LogP contribution is -1.95. The summed E-state index contributed by atoms with van der Waals surface area (Å²) in [4.78, 5) is 11.3. The zero-order valence-corrected chi connectivity index (χ0v) is 13.0. The molecule has 0 radical (unpaired) electrons. The summed E-state index contributed by atoms with van der Waals surface area (Å²) in [5.74, 6) is 1.22. The highest BCUT2D eigenvalue weighted by atomic mass is 35.5. The van der Waals surface area contributed by atoms with E-state index in [1.54, 1.807) is 18.2 Å². The Morgan fingerprint density at radius 3 is 2.15 bits per heavy atom. The normalized spacial score (nSPS) is 10.4. The first-order chi connectivity index (χ1) is 9.38. The summed E-state index contributed by atoms with van der Waals surface area (Å²) in [6, 6.07) is 8.68. The van der Waals surface area contributed by atoms with Gasteiger partial charge in [0.25, 0.3) is 0 Å². The largest absolute Gasteiger partial charge is 0.455 e. The smallest absolute Gasteiger partial charge is 0.159 e. The number of hydrogen-bond acceptors (Lipinski definition) is 2. The second kappa shape index (κ2) is 5.86. The fourth-order valence-corrected chi connectivity index (χ4v) is 2.52. The fourth-order valence-electron chi connectivity index (χ4n) is 1.97. The topological polar surface area (TPSA) is 26.3 Å². The van der Waals surface area contributed by atoms with E-state index in [-0.39, 0.29) is 5.78 Å². The molecule has 0 amide bonds. The third-order valence-electron chi connectivity index (χ3n) is 2.98. The maximum atomic E-state index is 11.3. The molecule has 2 aromatic carbocycles. The van der Waals surface area contributed by atoms with E-state index in [0.717, 1.165) is 16.9 Å². The van der Waals surface area contributed by atoms with Gasteiger partial charge in [0.05, 0.1) is 5.02 Å². The molecule has 20 heavy (non-hydrogen) atoms. The summed E-state index contributed by atoms with van der Waals surface area (Å²) in [5.41, 5.74) is 2.43. The van der Waals surface area contributed by atoms with Crippen LogP contribution in [0, 0.1) is 13.8 Å². The molecule has 4 heteroatoms. The second-order valence-electron chi connectivity index (χ2n) is 4.67. The number of benzene rings is 2. The maximum absolute atomic E-state index is 11.3. The van der Waals surface area contributed by atoms with Crippen molar-refractivity contribution < 1.29 is 9.53 Å². The molecule has 0 spiro atoms. The molecule has 0 saturated heterocycles. The summed E-state index contributed by atoms with van der Waals surface area (Å²) >= 11 is 12.1. The average molecular weight is 309 g/mol. The number of aryl methyl sites for hydroxylation is 2. The van der Waals surface area contributed by atoms with Crippen molar-refractivity contribution in [2.75, 3.05) is 0 Å². The van der Waals surface area contributed by atoms with Gasteiger partial charge in [-0.15, -0.1) is 0 Å². The van der Waals surface area contributed by atoms with Crippen molar-refractivity contribution in [3.63, 3.8) is 0 Å². The molecule has 2 rings (SSSR count). The Kier molecular flexibility index (Phi) is 4.36. The Morgan fingerprint density at radius 1 is 1.05 bits per heavy atom. The number of ether oxygens (including phenoxy) is 1. The van der Waals surface area contributed by atoms with Gasteiger partial charge in [0.2, 0.25) is 0 Å². The number of halogens is 2. The Balaban J connectivity index is 2.38. The Bertz CT molecular complexity index is 655. The summed E-state index contributed by atoms with van der Waals surface area (Å²) in [6.45, 7) is 5.35. The molecular formula is C16H14Cl2O2. The first-order valence-electron chi connectivity index (χ1n) is 6.13. The minimum absolute atomic E-state index is 0.0303. The number of rotatable bonds is 3. The molecule has 0 aliphatic heterocycles. The van der Waals surface area contributed by atoms with Crippen molar-refractivity contribution in [1.29, 1.82) is 0 Å². The van der Waals surface area contributed by atoms with Crippen LogP contribution in [0.3, 0.4) is 0 Å². The van der Waals surface area contributed by atoms with E-state index in [4.69, 9.17) is 27.9 Å². The highest BCUT2D eigenvalue weighted by molar-refractivity contribution is 6.32. The van der Waals surface area contributed by atoms with Crippen LogP contribution in [0.5, 0.6) is 11.5 Å². The van der Waals surface area contributed by atoms with Crippen LogP contribution in [0.4, 0.5) is 0 Å². The predicted molar refractivity (Wildman–Crippen MR) is 82.5 cm³/mol. The van der Waals surface area contributed by atoms with Gasteiger partial charge in [-0.05, 0) is 62.2 Å². The van der Waals surface area contributed by atoms with Crippen LogP contribution in [0.25, 0.3) is 0 Å². The van der Waals surface area contributed by atoms with Crippen LogP contribution in [0.15, 0.2) is 30.3 Å². The number of ketones is 1. The molecule has 0 N–H and O–H groups in total. The molecule has 0 bridgehead atoms. The van der Waals surface area contributed by atoms with Crippen molar-refractivity contribution in [3.05, 3.63) is 57.1 Å². The van der Waals surface area contributed by atoms with E-state index in [1.165, 1.54) is 6.92 Å². The molecule has 0 atom stereocenters. The molecule has 0 heterocycles. The van der Waals surface area contributed by atoms with Crippen molar-refractivity contribution in [3.8, 4) is 11.5 Å². The van der Waals surface area contributed by atoms with Gasteiger partial charge in [-0.3, -0.25) is 4.79 Å². The van der Waals surface area contributed by atoms with Crippen LogP contribution < -0.4 is 4.74 Å². The van der Waals surface area contributed by atoms with E-state index in [2.05, 4.69) is 0 Å². The molecule has 2 nitrogen and oxygen atoms in total. The van der Waals surface area contributed by atoms with Gasteiger partial charge in [-0.25, -0.2) is 0 Å². The highest BCUT2D eigenvalue weighted by Crippen LogP contribution is 2.35. The quantitative estimate of drug-likeness (QED) is 0.689. The lowest BCUT2D eigenvalue weighted by molar-refractivity contribution is 0.101. The molecule has 0 fully saturated rings. The lowest BCUT2D eigenvalue weighted by atomic mass is 10.1. The van der Waals surface area contributed by atoms with Gasteiger partial charge in [0.15, 0.2) is 5.78 Å². The van der Waals surface area contributed by atoms with Crippen LogP contribution >= 0.6 is 23.2 Å². The molecule has 0 aromatic heterocycles. The maximum Gasteiger partial charge on any atom is 0.159 e. The average Bonchev–Trinajstić information content (AvgIpc) is 2.34. The molecule has 104 valence electrons. The zero-order chi connectivity index (χ0) is 14.9. The minimum Gasteiger partial charge on any atom is -0.455 e. The van der Waals surface area contributed by atoms with E-state index in [1.807, 2.05) is 26.0 Å². The van der Waals surface area contributed by atoms with E-state index in [0.29, 0.717) is 21.4 Å². The predicted octanol–water partition coefficient (Wildman–Crippen LogP) is 5.61. The standard InChI is InChI=1S/C16H14Cl2O2/c1-9-6-13(17)7-10(2)16(9)20-15-5-4-12(11(3)19)8-14(15)18/h4-8H,1-3H3. The van der Waals surface area contributed by atoms with Gasteiger partial charge in [0, 0.05) is 10.6 Å². The second-order valence-corrected chi connectivity index (χ2v) is 5.52. The summed E-state index contributed by atoms with van der Waals surface area (Å²) in [6.07, 6.45) is 0. The van der Waals surface area contributed by atoms with Gasteiger partial charge in [-0.2, -0.15) is 0 Å². The molecular weight excluding hydrogens is 295 g/mol.